The molecule has 3 rings (SSSR count). The molecule has 0 amide bonds. The monoisotopic (exact) mass is 285 g/mol. The van der Waals surface area contributed by atoms with Crippen LogP contribution in [0.3, 0.4) is 0 Å². The van der Waals surface area contributed by atoms with Crippen LogP contribution in [0.1, 0.15) is 53.1 Å². The number of hydrogen-bond acceptors (Lipinski definition) is 3. The molecule has 1 unspecified atom stereocenters. The summed E-state index contributed by atoms with van der Waals surface area (Å²) in [5, 5.41) is 13.7. The Kier molecular flexibility index (Phi) is 3.51. The van der Waals surface area contributed by atoms with Gasteiger partial charge in [0.1, 0.15) is 0 Å². The Labute approximate surface area is 123 Å². The minimum absolute atomic E-state index is 0.0655. The molecule has 3 N–H and O–H groups in total. The van der Waals surface area contributed by atoms with Crippen molar-refractivity contribution >= 4 is 5.97 Å². The summed E-state index contributed by atoms with van der Waals surface area (Å²) in [4.78, 5) is 10.9. The predicted molar refractivity (Wildman–Crippen MR) is 79.8 cm³/mol. The van der Waals surface area contributed by atoms with E-state index < -0.39 is 5.97 Å². The highest BCUT2D eigenvalue weighted by Crippen LogP contribution is 2.32. The normalized spacial score (nSPS) is 17.5. The number of carbonyl (C=O) groups is 1. The van der Waals surface area contributed by atoms with Gasteiger partial charge in [-0.25, -0.2) is 9.48 Å². The second-order valence-corrected chi connectivity index (χ2v) is 5.42. The minimum atomic E-state index is -0.916. The van der Waals surface area contributed by atoms with Crippen molar-refractivity contribution in [2.24, 2.45) is 5.73 Å². The molecule has 1 aromatic heterocycles. The van der Waals surface area contributed by atoms with Crippen LogP contribution in [0, 0.1) is 0 Å². The van der Waals surface area contributed by atoms with Crippen molar-refractivity contribution in [3.05, 3.63) is 46.8 Å². The summed E-state index contributed by atoms with van der Waals surface area (Å²) in [6.07, 6.45) is 3.90. The average molecular weight is 285 g/mol. The van der Waals surface area contributed by atoms with Gasteiger partial charge < -0.3 is 10.8 Å². The number of nitrogens with two attached hydrogens (primary N) is 1. The largest absolute Gasteiger partial charge is 0.478 e. The van der Waals surface area contributed by atoms with E-state index in [0.29, 0.717) is 0 Å². The van der Waals surface area contributed by atoms with Crippen molar-refractivity contribution in [3.8, 4) is 5.69 Å². The van der Waals surface area contributed by atoms with Gasteiger partial charge in [0.15, 0.2) is 0 Å². The summed E-state index contributed by atoms with van der Waals surface area (Å²) >= 11 is 0. The zero-order valence-electron chi connectivity index (χ0n) is 12.0. The van der Waals surface area contributed by atoms with E-state index >= 15 is 0 Å². The van der Waals surface area contributed by atoms with Crippen LogP contribution in [0.2, 0.25) is 0 Å². The molecule has 0 saturated carbocycles. The molecular formula is C16H19N3O2. The van der Waals surface area contributed by atoms with Crippen LogP contribution in [-0.4, -0.2) is 20.9 Å². The quantitative estimate of drug-likeness (QED) is 0.907. The molecule has 21 heavy (non-hydrogen) atoms. The van der Waals surface area contributed by atoms with Crippen LogP contribution >= 0.6 is 0 Å². The van der Waals surface area contributed by atoms with Gasteiger partial charge >= 0.3 is 5.97 Å². The summed E-state index contributed by atoms with van der Waals surface area (Å²) in [5.41, 5.74) is 10.8. The number of nitrogens with zero attached hydrogens (tertiary/aromatic N) is 2. The summed E-state index contributed by atoms with van der Waals surface area (Å²) in [6.45, 7) is 2.09. The zero-order chi connectivity index (χ0) is 15.0. The van der Waals surface area contributed by atoms with Crippen molar-refractivity contribution in [3.63, 3.8) is 0 Å². The van der Waals surface area contributed by atoms with Gasteiger partial charge in [0.25, 0.3) is 0 Å². The van der Waals surface area contributed by atoms with Gasteiger partial charge in [-0.15, -0.1) is 0 Å². The number of aryl methyl sites for hydroxylation is 1. The van der Waals surface area contributed by atoms with Crippen molar-refractivity contribution in [2.75, 3.05) is 0 Å². The number of rotatable bonds is 3. The van der Waals surface area contributed by atoms with Gasteiger partial charge in [0.05, 0.1) is 16.9 Å². The lowest BCUT2D eigenvalue weighted by atomic mass is 9.91. The first-order chi connectivity index (χ1) is 10.1. The standard InChI is InChI=1S/C16H19N3O2/c1-2-13-15-12(17)4-3-5-14(15)19(18-13)11-8-6-10(7-9-11)16(20)21/h6-9,12H,2-5,17H2,1H3,(H,20,21). The van der Waals surface area contributed by atoms with Gasteiger partial charge in [-0.3, -0.25) is 0 Å². The number of carboxylic acid groups (broad SMARTS) is 1. The van der Waals surface area contributed by atoms with E-state index in [1.54, 1.807) is 24.3 Å². The number of carboxylic acids is 1. The van der Waals surface area contributed by atoms with Crippen LogP contribution in [0.15, 0.2) is 24.3 Å². The Morgan fingerprint density at radius 1 is 1.43 bits per heavy atom. The second kappa shape index (κ2) is 5.33. The van der Waals surface area contributed by atoms with Crippen molar-refractivity contribution in [2.45, 2.75) is 38.6 Å². The summed E-state index contributed by atoms with van der Waals surface area (Å²) in [6, 6.07) is 6.89. The van der Waals surface area contributed by atoms with Crippen LogP contribution in [0.25, 0.3) is 5.69 Å². The van der Waals surface area contributed by atoms with E-state index in [1.165, 1.54) is 11.3 Å². The maximum Gasteiger partial charge on any atom is 0.335 e. The minimum Gasteiger partial charge on any atom is -0.478 e. The number of benzene rings is 1. The predicted octanol–water partition coefficient (Wildman–Crippen LogP) is 2.47. The lowest BCUT2D eigenvalue weighted by molar-refractivity contribution is 0.0697. The third kappa shape index (κ3) is 2.34. The smallest absolute Gasteiger partial charge is 0.335 e. The van der Waals surface area contributed by atoms with Crippen LogP contribution < -0.4 is 5.73 Å². The van der Waals surface area contributed by atoms with Crippen LogP contribution in [-0.2, 0) is 12.8 Å². The van der Waals surface area contributed by atoms with Gasteiger partial charge in [-0.2, -0.15) is 5.10 Å². The molecule has 0 fully saturated rings. The molecule has 1 heterocycles. The Morgan fingerprint density at radius 3 is 2.76 bits per heavy atom. The number of fused-ring (bicyclic) bond motifs is 1. The summed E-state index contributed by atoms with van der Waals surface area (Å²) in [7, 11) is 0. The topological polar surface area (TPSA) is 81.1 Å². The molecule has 1 atom stereocenters. The van der Waals surface area contributed by atoms with Crippen LogP contribution in [0.5, 0.6) is 0 Å². The van der Waals surface area contributed by atoms with Gasteiger partial charge in [-0.05, 0) is 49.9 Å². The molecule has 5 nitrogen and oxygen atoms in total. The molecule has 5 heteroatoms. The van der Waals surface area contributed by atoms with E-state index in [4.69, 9.17) is 15.9 Å². The second-order valence-electron chi connectivity index (χ2n) is 5.42. The van der Waals surface area contributed by atoms with Crippen molar-refractivity contribution < 1.29 is 9.90 Å². The van der Waals surface area contributed by atoms with E-state index in [9.17, 15) is 4.79 Å². The Bertz CT molecular complexity index is 674. The van der Waals surface area contributed by atoms with E-state index in [1.807, 2.05) is 4.68 Å². The Morgan fingerprint density at radius 2 is 2.14 bits per heavy atom. The fourth-order valence-electron chi connectivity index (χ4n) is 3.04. The van der Waals surface area contributed by atoms with Gasteiger partial charge in [0, 0.05) is 17.3 Å². The maximum atomic E-state index is 10.9. The molecule has 0 saturated heterocycles. The molecule has 110 valence electrons. The maximum absolute atomic E-state index is 10.9. The van der Waals surface area contributed by atoms with E-state index in [0.717, 1.165) is 37.1 Å². The molecule has 2 aromatic rings. The zero-order valence-corrected chi connectivity index (χ0v) is 12.0. The lowest BCUT2D eigenvalue weighted by Crippen LogP contribution is -2.19. The highest BCUT2D eigenvalue weighted by Gasteiger charge is 2.26. The number of aromatic carboxylic acids is 1. The van der Waals surface area contributed by atoms with Gasteiger partial charge in [-0.1, -0.05) is 6.92 Å². The molecule has 1 aromatic carbocycles. The molecule has 0 radical (unpaired) electrons. The third-order valence-electron chi connectivity index (χ3n) is 4.09. The molecule has 0 spiro atoms. The number of aromatic nitrogens is 2. The average Bonchev–Trinajstić information content (AvgIpc) is 2.87. The first kappa shape index (κ1) is 13.8. The van der Waals surface area contributed by atoms with Crippen LogP contribution in [0.4, 0.5) is 0 Å². The molecule has 0 aliphatic heterocycles. The fourth-order valence-corrected chi connectivity index (χ4v) is 3.04. The van der Waals surface area contributed by atoms with E-state index in [-0.39, 0.29) is 11.6 Å². The Balaban J connectivity index is 2.08. The van der Waals surface area contributed by atoms with Crippen molar-refractivity contribution in [1.29, 1.82) is 0 Å². The molecule has 1 aliphatic rings. The summed E-state index contributed by atoms with van der Waals surface area (Å²) in [5.74, 6) is -0.916. The highest BCUT2D eigenvalue weighted by atomic mass is 16.4. The molecule has 1 aliphatic carbocycles. The molecular weight excluding hydrogens is 266 g/mol. The van der Waals surface area contributed by atoms with Crippen molar-refractivity contribution in [1.82, 2.24) is 9.78 Å². The number of hydrogen-bond donors (Lipinski definition) is 2. The molecule has 0 bridgehead atoms. The van der Waals surface area contributed by atoms with Gasteiger partial charge in [0.2, 0.25) is 0 Å². The SMILES string of the molecule is CCc1nn(-c2ccc(C(=O)O)cc2)c2c1C(N)CCC2. The fraction of sp³-hybridized carbons (Fsp3) is 0.375. The first-order valence-electron chi connectivity index (χ1n) is 7.31. The summed E-state index contributed by atoms with van der Waals surface area (Å²) < 4.78 is 1.93. The first-order valence-corrected chi connectivity index (χ1v) is 7.31. The third-order valence-corrected chi connectivity index (χ3v) is 4.09. The van der Waals surface area contributed by atoms with E-state index in [2.05, 4.69) is 6.92 Å². The highest BCUT2D eigenvalue weighted by molar-refractivity contribution is 5.87. The Hall–Kier alpha value is -2.14. The lowest BCUT2D eigenvalue weighted by Gasteiger charge is -2.20.